The van der Waals surface area contributed by atoms with Gasteiger partial charge in [-0.1, -0.05) is 11.6 Å². The van der Waals surface area contributed by atoms with Crippen molar-refractivity contribution in [3.63, 3.8) is 0 Å². The lowest BCUT2D eigenvalue weighted by molar-refractivity contribution is -0.385. The number of thiophene rings is 1. The maximum absolute atomic E-state index is 11.8. The predicted molar refractivity (Wildman–Crippen MR) is 72.9 cm³/mol. The van der Waals surface area contributed by atoms with Crippen molar-refractivity contribution in [2.24, 2.45) is 0 Å². The summed E-state index contributed by atoms with van der Waals surface area (Å²) in [6, 6.07) is 4.67. The summed E-state index contributed by atoms with van der Waals surface area (Å²) >= 11 is 6.88. The SMILES string of the molecule is Cc1cc(NC(=O)c2ccc(Cl)s2)ncc1[N+](=O)[O-]. The second-order valence-electron chi connectivity index (χ2n) is 3.67. The fourth-order valence-electron chi connectivity index (χ4n) is 1.42. The number of pyridine rings is 1. The van der Waals surface area contributed by atoms with E-state index in [9.17, 15) is 14.9 Å². The lowest BCUT2D eigenvalue weighted by Gasteiger charge is -2.03. The van der Waals surface area contributed by atoms with Crippen molar-refractivity contribution in [2.75, 3.05) is 5.32 Å². The van der Waals surface area contributed by atoms with E-state index in [0.717, 1.165) is 17.5 Å². The predicted octanol–water partition coefficient (Wildman–Crippen LogP) is 3.27. The van der Waals surface area contributed by atoms with Crippen LogP contribution in [0.15, 0.2) is 24.4 Å². The van der Waals surface area contributed by atoms with Gasteiger partial charge < -0.3 is 5.32 Å². The zero-order valence-corrected chi connectivity index (χ0v) is 11.3. The van der Waals surface area contributed by atoms with E-state index >= 15 is 0 Å². The molecule has 0 atom stereocenters. The molecule has 0 unspecified atom stereocenters. The van der Waals surface area contributed by atoms with Crippen LogP contribution in [-0.2, 0) is 0 Å². The number of aryl methyl sites for hydroxylation is 1. The topological polar surface area (TPSA) is 85.1 Å². The smallest absolute Gasteiger partial charge is 0.290 e. The van der Waals surface area contributed by atoms with Gasteiger partial charge in [0, 0.05) is 5.56 Å². The van der Waals surface area contributed by atoms with Gasteiger partial charge in [0.25, 0.3) is 11.6 Å². The standard InChI is InChI=1S/C11H8ClN3O3S/c1-6-4-10(13-5-7(6)15(17)18)14-11(16)8-2-3-9(12)19-8/h2-5H,1H3,(H,13,14,16). The summed E-state index contributed by atoms with van der Waals surface area (Å²) in [5.41, 5.74) is 0.344. The summed E-state index contributed by atoms with van der Waals surface area (Å²) in [7, 11) is 0. The summed E-state index contributed by atoms with van der Waals surface area (Å²) in [4.78, 5) is 26.2. The highest BCUT2D eigenvalue weighted by molar-refractivity contribution is 7.18. The van der Waals surface area contributed by atoms with E-state index in [2.05, 4.69) is 10.3 Å². The average Bonchev–Trinajstić information content (AvgIpc) is 2.75. The number of carbonyl (C=O) groups excluding carboxylic acids is 1. The van der Waals surface area contributed by atoms with Gasteiger partial charge in [-0.15, -0.1) is 11.3 Å². The van der Waals surface area contributed by atoms with Crippen LogP contribution in [0.1, 0.15) is 15.2 Å². The largest absolute Gasteiger partial charge is 0.306 e. The third-order valence-electron chi connectivity index (χ3n) is 2.32. The molecule has 8 heteroatoms. The average molecular weight is 298 g/mol. The van der Waals surface area contributed by atoms with E-state index in [4.69, 9.17) is 11.6 Å². The number of halogens is 1. The molecular weight excluding hydrogens is 290 g/mol. The maximum atomic E-state index is 11.8. The number of hydrogen-bond acceptors (Lipinski definition) is 5. The molecule has 0 aliphatic carbocycles. The Balaban J connectivity index is 2.18. The Morgan fingerprint density at radius 2 is 2.26 bits per heavy atom. The molecule has 1 N–H and O–H groups in total. The molecule has 0 spiro atoms. The molecule has 2 aromatic heterocycles. The molecular formula is C11H8ClN3O3S. The lowest BCUT2D eigenvalue weighted by Crippen LogP contribution is -2.11. The fraction of sp³-hybridized carbons (Fsp3) is 0.0909. The number of rotatable bonds is 3. The second-order valence-corrected chi connectivity index (χ2v) is 5.39. The molecule has 98 valence electrons. The van der Waals surface area contributed by atoms with Gasteiger partial charge >= 0.3 is 0 Å². The Morgan fingerprint density at radius 1 is 1.53 bits per heavy atom. The highest BCUT2D eigenvalue weighted by Gasteiger charge is 2.14. The maximum Gasteiger partial charge on any atom is 0.290 e. The van der Waals surface area contributed by atoms with Crippen molar-refractivity contribution in [3.05, 3.63) is 49.3 Å². The van der Waals surface area contributed by atoms with Crippen LogP contribution in [0.25, 0.3) is 0 Å². The first kappa shape index (κ1) is 13.4. The molecule has 0 radical (unpaired) electrons. The first-order valence-corrected chi connectivity index (χ1v) is 6.34. The number of nitrogens with zero attached hydrogens (tertiary/aromatic N) is 2. The van der Waals surface area contributed by atoms with Gasteiger partial charge in [0.1, 0.15) is 12.0 Å². The van der Waals surface area contributed by atoms with Crippen molar-refractivity contribution < 1.29 is 9.72 Å². The van der Waals surface area contributed by atoms with Gasteiger partial charge in [0.05, 0.1) is 14.1 Å². The van der Waals surface area contributed by atoms with Crippen molar-refractivity contribution in [2.45, 2.75) is 6.92 Å². The van der Waals surface area contributed by atoms with E-state index < -0.39 is 4.92 Å². The normalized spacial score (nSPS) is 10.2. The Labute approximate surface area is 117 Å². The third-order valence-corrected chi connectivity index (χ3v) is 3.55. The van der Waals surface area contributed by atoms with Crippen molar-refractivity contribution in [1.82, 2.24) is 4.98 Å². The minimum atomic E-state index is -0.521. The van der Waals surface area contributed by atoms with E-state index in [0.29, 0.717) is 14.8 Å². The van der Waals surface area contributed by atoms with E-state index in [1.807, 2.05) is 0 Å². The highest BCUT2D eigenvalue weighted by atomic mass is 35.5. The quantitative estimate of drug-likeness (QED) is 0.696. The molecule has 2 heterocycles. The van der Waals surface area contributed by atoms with Crippen molar-refractivity contribution in [3.8, 4) is 0 Å². The molecule has 0 aliphatic heterocycles. The summed E-state index contributed by atoms with van der Waals surface area (Å²) < 4.78 is 0.512. The first-order chi connectivity index (χ1) is 8.97. The molecule has 0 aliphatic rings. The monoisotopic (exact) mass is 297 g/mol. The summed E-state index contributed by atoms with van der Waals surface area (Å²) in [5.74, 6) is -0.0877. The Bertz CT molecular complexity index is 656. The molecule has 0 saturated carbocycles. The van der Waals surface area contributed by atoms with E-state index in [1.165, 1.54) is 6.07 Å². The Kier molecular flexibility index (Phi) is 3.77. The first-order valence-electron chi connectivity index (χ1n) is 5.15. The van der Waals surface area contributed by atoms with Crippen LogP contribution < -0.4 is 5.32 Å². The highest BCUT2D eigenvalue weighted by Crippen LogP contribution is 2.23. The van der Waals surface area contributed by atoms with Crippen molar-refractivity contribution >= 4 is 40.4 Å². The summed E-state index contributed by atoms with van der Waals surface area (Å²) in [6.45, 7) is 1.58. The van der Waals surface area contributed by atoms with Crippen LogP contribution in [0.2, 0.25) is 4.34 Å². The Morgan fingerprint density at radius 3 is 2.79 bits per heavy atom. The molecule has 0 saturated heterocycles. The van der Waals surface area contributed by atoms with Crippen molar-refractivity contribution in [1.29, 1.82) is 0 Å². The van der Waals surface area contributed by atoms with E-state index in [-0.39, 0.29) is 17.4 Å². The second kappa shape index (κ2) is 5.33. The minimum Gasteiger partial charge on any atom is -0.306 e. The van der Waals surface area contributed by atoms with Gasteiger partial charge in [0.15, 0.2) is 0 Å². The van der Waals surface area contributed by atoms with Gasteiger partial charge in [-0.3, -0.25) is 14.9 Å². The molecule has 2 rings (SSSR count). The van der Waals surface area contributed by atoms with Crippen LogP contribution >= 0.6 is 22.9 Å². The number of anilines is 1. The fourth-order valence-corrected chi connectivity index (χ4v) is 2.36. The van der Waals surface area contributed by atoms with Gasteiger partial charge in [-0.25, -0.2) is 4.98 Å². The van der Waals surface area contributed by atoms with Crippen LogP contribution in [0, 0.1) is 17.0 Å². The minimum absolute atomic E-state index is 0.0860. The third kappa shape index (κ3) is 3.07. The molecule has 19 heavy (non-hydrogen) atoms. The molecule has 0 fully saturated rings. The molecule has 0 aromatic carbocycles. The van der Waals surface area contributed by atoms with Gasteiger partial charge in [-0.05, 0) is 25.1 Å². The zero-order chi connectivity index (χ0) is 14.0. The van der Waals surface area contributed by atoms with Gasteiger partial charge in [-0.2, -0.15) is 0 Å². The number of nitro groups is 1. The van der Waals surface area contributed by atoms with Crippen LogP contribution in [0.5, 0.6) is 0 Å². The molecule has 2 aromatic rings. The number of carbonyl (C=O) groups is 1. The summed E-state index contributed by atoms with van der Waals surface area (Å²) in [5, 5.41) is 13.2. The molecule has 6 nitrogen and oxygen atoms in total. The lowest BCUT2D eigenvalue weighted by atomic mass is 10.2. The molecule has 0 bridgehead atoms. The van der Waals surface area contributed by atoms with Crippen LogP contribution in [0.3, 0.4) is 0 Å². The van der Waals surface area contributed by atoms with Gasteiger partial charge in [0.2, 0.25) is 0 Å². The number of nitrogens with one attached hydrogen (secondary N) is 1. The molecule has 1 amide bonds. The number of hydrogen-bond donors (Lipinski definition) is 1. The number of aromatic nitrogens is 1. The zero-order valence-electron chi connectivity index (χ0n) is 9.71. The Hall–Kier alpha value is -1.99. The number of amides is 1. The van der Waals surface area contributed by atoms with Crippen LogP contribution in [0.4, 0.5) is 11.5 Å². The van der Waals surface area contributed by atoms with Crippen LogP contribution in [-0.4, -0.2) is 15.8 Å². The summed E-state index contributed by atoms with van der Waals surface area (Å²) in [6.07, 6.45) is 1.12. The van der Waals surface area contributed by atoms with E-state index in [1.54, 1.807) is 19.1 Å².